The molecule has 0 bridgehead atoms. The van der Waals surface area contributed by atoms with Crippen LogP contribution >= 0.6 is 0 Å². The second kappa shape index (κ2) is 4.41. The SMILES string of the molecule is CN[S+]([O-])c1cc(C(=O)O)ccc1F. The van der Waals surface area contributed by atoms with Gasteiger partial charge in [0.1, 0.15) is 0 Å². The van der Waals surface area contributed by atoms with E-state index in [-0.39, 0.29) is 10.5 Å². The smallest absolute Gasteiger partial charge is 0.335 e. The van der Waals surface area contributed by atoms with E-state index in [9.17, 15) is 13.7 Å². The molecule has 1 aromatic rings. The number of carboxylic acids is 1. The van der Waals surface area contributed by atoms with Crippen molar-refractivity contribution in [2.45, 2.75) is 4.90 Å². The zero-order valence-corrected chi connectivity index (χ0v) is 8.10. The molecule has 14 heavy (non-hydrogen) atoms. The van der Waals surface area contributed by atoms with Gasteiger partial charge in [0.2, 0.25) is 4.90 Å². The van der Waals surface area contributed by atoms with Crippen molar-refractivity contribution in [1.82, 2.24) is 4.72 Å². The molecule has 0 aromatic heterocycles. The van der Waals surface area contributed by atoms with Crippen LogP contribution in [0, 0.1) is 5.82 Å². The molecule has 1 atom stereocenters. The largest absolute Gasteiger partial charge is 0.593 e. The van der Waals surface area contributed by atoms with Gasteiger partial charge in [0, 0.05) is 13.1 Å². The first kappa shape index (κ1) is 11.0. The number of benzene rings is 1. The fourth-order valence-corrected chi connectivity index (χ4v) is 1.59. The molecule has 0 radical (unpaired) electrons. The Kier molecular flexibility index (Phi) is 3.45. The van der Waals surface area contributed by atoms with Gasteiger partial charge in [-0.1, -0.05) is 0 Å². The van der Waals surface area contributed by atoms with Crippen LogP contribution in [-0.2, 0) is 11.4 Å². The Bertz CT molecular complexity index is 358. The molecular formula is C8H8FNO3S. The van der Waals surface area contributed by atoms with Crippen LogP contribution in [0.25, 0.3) is 0 Å². The van der Waals surface area contributed by atoms with Gasteiger partial charge in [0.15, 0.2) is 5.82 Å². The van der Waals surface area contributed by atoms with E-state index in [1.165, 1.54) is 7.05 Å². The first-order chi connectivity index (χ1) is 6.56. The molecule has 1 aromatic carbocycles. The van der Waals surface area contributed by atoms with Crippen LogP contribution in [0.15, 0.2) is 23.1 Å². The van der Waals surface area contributed by atoms with Gasteiger partial charge in [-0.2, -0.15) is 0 Å². The van der Waals surface area contributed by atoms with Crippen molar-refractivity contribution in [2.75, 3.05) is 7.05 Å². The Balaban J connectivity index is 3.14. The van der Waals surface area contributed by atoms with Gasteiger partial charge >= 0.3 is 5.97 Å². The number of hydrogen-bond donors (Lipinski definition) is 2. The molecule has 0 heterocycles. The van der Waals surface area contributed by atoms with Crippen molar-refractivity contribution in [1.29, 1.82) is 0 Å². The molecule has 4 nitrogen and oxygen atoms in total. The summed E-state index contributed by atoms with van der Waals surface area (Å²) in [6.07, 6.45) is 0. The maximum atomic E-state index is 13.0. The van der Waals surface area contributed by atoms with Crippen molar-refractivity contribution in [3.8, 4) is 0 Å². The van der Waals surface area contributed by atoms with Gasteiger partial charge in [0.25, 0.3) is 0 Å². The van der Waals surface area contributed by atoms with Gasteiger partial charge in [0.05, 0.1) is 16.9 Å². The minimum Gasteiger partial charge on any atom is -0.593 e. The van der Waals surface area contributed by atoms with Gasteiger partial charge in [-0.15, -0.1) is 4.72 Å². The first-order valence-corrected chi connectivity index (χ1v) is 4.83. The highest BCUT2D eigenvalue weighted by molar-refractivity contribution is 7.89. The average molecular weight is 217 g/mol. The summed E-state index contributed by atoms with van der Waals surface area (Å²) in [6, 6.07) is 3.15. The number of hydrogen-bond acceptors (Lipinski definition) is 3. The van der Waals surface area contributed by atoms with Crippen LogP contribution in [0.4, 0.5) is 4.39 Å². The molecular weight excluding hydrogens is 209 g/mol. The number of rotatable bonds is 3. The summed E-state index contributed by atoms with van der Waals surface area (Å²) in [7, 11) is 1.39. The summed E-state index contributed by atoms with van der Waals surface area (Å²) in [5, 5.41) is 8.61. The van der Waals surface area contributed by atoms with Crippen LogP contribution in [0.3, 0.4) is 0 Å². The molecule has 76 valence electrons. The number of nitrogens with one attached hydrogen (secondary N) is 1. The van der Waals surface area contributed by atoms with E-state index >= 15 is 0 Å². The van der Waals surface area contributed by atoms with E-state index in [0.29, 0.717) is 0 Å². The molecule has 0 saturated carbocycles. The maximum Gasteiger partial charge on any atom is 0.335 e. The lowest BCUT2D eigenvalue weighted by atomic mass is 10.2. The minimum atomic E-state index is -1.72. The molecule has 1 rings (SSSR count). The Morgan fingerprint density at radius 2 is 2.29 bits per heavy atom. The molecule has 0 spiro atoms. The zero-order chi connectivity index (χ0) is 10.7. The summed E-state index contributed by atoms with van der Waals surface area (Å²) < 4.78 is 26.5. The van der Waals surface area contributed by atoms with E-state index in [1.807, 2.05) is 0 Å². The van der Waals surface area contributed by atoms with Crippen LogP contribution < -0.4 is 4.72 Å². The van der Waals surface area contributed by atoms with Crippen LogP contribution in [0.2, 0.25) is 0 Å². The summed E-state index contributed by atoms with van der Waals surface area (Å²) in [5.74, 6) is -1.87. The van der Waals surface area contributed by atoms with Crippen LogP contribution in [-0.4, -0.2) is 22.7 Å². The number of carboxylic acid groups (broad SMARTS) is 1. The summed E-state index contributed by atoms with van der Waals surface area (Å²) >= 11 is -1.72. The summed E-state index contributed by atoms with van der Waals surface area (Å²) in [5.41, 5.74) is -0.0926. The maximum absolute atomic E-state index is 13.0. The standard InChI is InChI=1S/C8H8FNO3S/c1-10-14(13)7-4-5(8(11)12)2-3-6(7)9/h2-4,10H,1H3,(H,11,12). The zero-order valence-electron chi connectivity index (χ0n) is 7.28. The van der Waals surface area contributed by atoms with E-state index in [0.717, 1.165) is 18.2 Å². The number of halogens is 1. The number of aromatic carboxylic acids is 1. The van der Waals surface area contributed by atoms with E-state index in [2.05, 4.69) is 4.72 Å². The molecule has 0 aliphatic carbocycles. The molecule has 2 N–H and O–H groups in total. The predicted molar refractivity (Wildman–Crippen MR) is 48.8 cm³/mol. The summed E-state index contributed by atoms with van der Waals surface area (Å²) in [4.78, 5) is 10.4. The average Bonchev–Trinajstić information content (AvgIpc) is 2.17. The number of carbonyl (C=O) groups is 1. The van der Waals surface area contributed by atoms with Gasteiger partial charge < -0.3 is 9.66 Å². The highest BCUT2D eigenvalue weighted by atomic mass is 32.2. The molecule has 6 heteroatoms. The second-order valence-electron chi connectivity index (χ2n) is 2.42. The van der Waals surface area contributed by atoms with Crippen molar-refractivity contribution in [3.05, 3.63) is 29.6 Å². The van der Waals surface area contributed by atoms with E-state index in [1.54, 1.807) is 0 Å². The highest BCUT2D eigenvalue weighted by Crippen LogP contribution is 2.15. The molecule has 1 unspecified atom stereocenters. The van der Waals surface area contributed by atoms with Crippen molar-refractivity contribution >= 4 is 17.3 Å². The Morgan fingerprint density at radius 3 is 2.79 bits per heavy atom. The predicted octanol–water partition coefficient (Wildman–Crippen LogP) is 0.766. The van der Waals surface area contributed by atoms with Gasteiger partial charge in [-0.3, -0.25) is 0 Å². The molecule has 0 amide bonds. The summed E-state index contributed by atoms with van der Waals surface area (Å²) in [6.45, 7) is 0. The molecule has 0 saturated heterocycles. The lowest BCUT2D eigenvalue weighted by Gasteiger charge is -2.08. The topological polar surface area (TPSA) is 72.4 Å². The third-order valence-electron chi connectivity index (χ3n) is 1.56. The fourth-order valence-electron chi connectivity index (χ4n) is 0.888. The fraction of sp³-hybridized carbons (Fsp3) is 0.125. The van der Waals surface area contributed by atoms with E-state index in [4.69, 9.17) is 5.11 Å². The second-order valence-corrected chi connectivity index (χ2v) is 3.81. The quantitative estimate of drug-likeness (QED) is 0.733. The van der Waals surface area contributed by atoms with Crippen LogP contribution in [0.5, 0.6) is 0 Å². The Labute approximate surface area is 83.1 Å². The Morgan fingerprint density at radius 1 is 1.64 bits per heavy atom. The van der Waals surface area contributed by atoms with E-state index < -0.39 is 23.1 Å². The molecule has 0 fully saturated rings. The van der Waals surface area contributed by atoms with Crippen molar-refractivity contribution in [3.63, 3.8) is 0 Å². The third kappa shape index (κ3) is 2.22. The monoisotopic (exact) mass is 217 g/mol. The normalized spacial score (nSPS) is 12.5. The molecule has 0 aliphatic rings. The van der Waals surface area contributed by atoms with Gasteiger partial charge in [-0.25, -0.2) is 9.18 Å². The third-order valence-corrected chi connectivity index (χ3v) is 2.65. The van der Waals surface area contributed by atoms with Gasteiger partial charge in [-0.05, 0) is 12.1 Å². The first-order valence-electron chi connectivity index (χ1n) is 3.68. The lowest BCUT2D eigenvalue weighted by Crippen LogP contribution is -2.20. The van der Waals surface area contributed by atoms with Crippen molar-refractivity contribution in [2.24, 2.45) is 0 Å². The Hall–Kier alpha value is -1.11. The van der Waals surface area contributed by atoms with Crippen molar-refractivity contribution < 1.29 is 18.8 Å². The lowest BCUT2D eigenvalue weighted by molar-refractivity contribution is 0.0696. The highest BCUT2D eigenvalue weighted by Gasteiger charge is 2.18. The van der Waals surface area contributed by atoms with Crippen LogP contribution in [0.1, 0.15) is 10.4 Å². The minimum absolute atomic E-state index is 0.0926. The molecule has 0 aliphatic heterocycles.